The lowest BCUT2D eigenvalue weighted by Crippen LogP contribution is -2.38. The van der Waals surface area contributed by atoms with Crippen molar-refractivity contribution in [2.75, 3.05) is 0 Å². The Kier molecular flexibility index (Phi) is 5.73. The third kappa shape index (κ3) is 4.02. The Balaban J connectivity index is 1.54. The number of hydrogen-bond donors (Lipinski definition) is 1. The van der Waals surface area contributed by atoms with Gasteiger partial charge >= 0.3 is 5.97 Å². The van der Waals surface area contributed by atoms with Crippen LogP contribution in [0.3, 0.4) is 0 Å². The molecular weight excluding hydrogens is 372 g/mol. The van der Waals surface area contributed by atoms with Crippen LogP contribution in [0.4, 0.5) is 0 Å². The molecule has 4 rings (SSSR count). The molecule has 1 N–H and O–H groups in total. The maximum Gasteiger partial charge on any atom is 0.348 e. The number of carbonyl (C=O) groups excluding carboxylic acids is 1. The van der Waals surface area contributed by atoms with Crippen LogP contribution in [0, 0.1) is 0 Å². The van der Waals surface area contributed by atoms with Crippen LogP contribution in [-0.2, 0) is 21.7 Å². The zero-order chi connectivity index (χ0) is 20.8. The lowest BCUT2D eigenvalue weighted by atomic mass is 9.86. The van der Waals surface area contributed by atoms with Crippen molar-refractivity contribution >= 4 is 5.97 Å². The fourth-order valence-electron chi connectivity index (χ4n) is 3.44. The Morgan fingerprint density at radius 1 is 0.633 bits per heavy atom. The minimum Gasteiger partial charge on any atom is -0.458 e. The topological polar surface area (TPSA) is 46.5 Å². The van der Waals surface area contributed by atoms with Crippen molar-refractivity contribution < 1.29 is 14.6 Å². The number of esters is 1. The van der Waals surface area contributed by atoms with Crippen molar-refractivity contribution in [3.63, 3.8) is 0 Å². The van der Waals surface area contributed by atoms with Gasteiger partial charge in [-0.05, 0) is 27.8 Å². The fraction of sp³-hybridized carbons (Fsp3) is 0.0741. The number of ether oxygens (including phenoxy) is 1. The lowest BCUT2D eigenvalue weighted by molar-refractivity contribution is -0.163. The van der Waals surface area contributed by atoms with Gasteiger partial charge in [-0.3, -0.25) is 0 Å². The largest absolute Gasteiger partial charge is 0.458 e. The second-order valence-electron chi connectivity index (χ2n) is 7.08. The van der Waals surface area contributed by atoms with E-state index in [0.717, 1.165) is 16.7 Å². The van der Waals surface area contributed by atoms with Crippen LogP contribution in [0.5, 0.6) is 0 Å². The highest BCUT2D eigenvalue weighted by atomic mass is 16.5. The van der Waals surface area contributed by atoms with Gasteiger partial charge in [0.2, 0.25) is 5.60 Å². The van der Waals surface area contributed by atoms with Crippen LogP contribution >= 0.6 is 0 Å². The van der Waals surface area contributed by atoms with Crippen LogP contribution in [0.15, 0.2) is 115 Å². The molecule has 0 amide bonds. The Morgan fingerprint density at radius 2 is 1.07 bits per heavy atom. The van der Waals surface area contributed by atoms with Crippen LogP contribution < -0.4 is 0 Å². The summed E-state index contributed by atoms with van der Waals surface area (Å²) >= 11 is 0. The molecule has 0 aliphatic rings. The van der Waals surface area contributed by atoms with E-state index in [1.807, 2.05) is 54.6 Å². The average Bonchev–Trinajstić information content (AvgIpc) is 2.84. The second-order valence-corrected chi connectivity index (χ2v) is 7.08. The third-order valence-electron chi connectivity index (χ3n) is 5.11. The van der Waals surface area contributed by atoms with Gasteiger partial charge in [0.15, 0.2) is 0 Å². The summed E-state index contributed by atoms with van der Waals surface area (Å²) in [5, 5.41) is 11.4. The molecule has 0 heterocycles. The standard InChI is InChI=1S/C27H22O3/c28-26(27(29,24-12-6-2-7-13-24)25-14-8-3-9-15-25)30-20-21-16-18-23(19-17-21)22-10-4-1-5-11-22/h1-19,29H,20H2. The molecule has 3 nitrogen and oxygen atoms in total. The Hall–Kier alpha value is -3.69. The van der Waals surface area contributed by atoms with Gasteiger partial charge in [0.1, 0.15) is 6.61 Å². The van der Waals surface area contributed by atoms with Gasteiger partial charge in [0, 0.05) is 0 Å². The predicted molar refractivity (Wildman–Crippen MR) is 118 cm³/mol. The normalized spacial score (nSPS) is 11.1. The highest BCUT2D eigenvalue weighted by Gasteiger charge is 2.41. The van der Waals surface area contributed by atoms with Gasteiger partial charge in [-0.15, -0.1) is 0 Å². The first-order chi connectivity index (χ1) is 14.7. The number of aliphatic hydroxyl groups is 1. The van der Waals surface area contributed by atoms with Crippen molar-refractivity contribution in [3.8, 4) is 11.1 Å². The molecule has 148 valence electrons. The van der Waals surface area contributed by atoms with Gasteiger partial charge in [0.25, 0.3) is 0 Å². The van der Waals surface area contributed by atoms with Crippen molar-refractivity contribution in [3.05, 3.63) is 132 Å². The summed E-state index contributed by atoms with van der Waals surface area (Å²) in [6.07, 6.45) is 0. The summed E-state index contributed by atoms with van der Waals surface area (Å²) < 4.78 is 5.56. The molecule has 0 aliphatic heterocycles. The van der Waals surface area contributed by atoms with Crippen molar-refractivity contribution in [1.82, 2.24) is 0 Å². The van der Waals surface area contributed by atoms with E-state index in [2.05, 4.69) is 12.1 Å². The smallest absolute Gasteiger partial charge is 0.348 e. The van der Waals surface area contributed by atoms with Gasteiger partial charge in [-0.1, -0.05) is 115 Å². The van der Waals surface area contributed by atoms with Gasteiger partial charge in [-0.2, -0.15) is 0 Å². The van der Waals surface area contributed by atoms with Crippen molar-refractivity contribution in [1.29, 1.82) is 0 Å². The molecule has 0 aromatic heterocycles. The molecule has 0 spiro atoms. The SMILES string of the molecule is O=C(OCc1ccc(-c2ccccc2)cc1)C(O)(c1ccccc1)c1ccccc1. The molecular formula is C27H22O3. The lowest BCUT2D eigenvalue weighted by Gasteiger charge is -2.27. The Labute approximate surface area is 176 Å². The Morgan fingerprint density at radius 3 is 1.57 bits per heavy atom. The number of hydrogen-bond acceptors (Lipinski definition) is 3. The van der Waals surface area contributed by atoms with Crippen LogP contribution in [0.25, 0.3) is 11.1 Å². The third-order valence-corrected chi connectivity index (χ3v) is 5.11. The van der Waals surface area contributed by atoms with E-state index in [9.17, 15) is 9.90 Å². The summed E-state index contributed by atoms with van der Waals surface area (Å²) in [6.45, 7) is 0.0792. The maximum atomic E-state index is 13.1. The number of rotatable bonds is 6. The minimum absolute atomic E-state index is 0.0792. The van der Waals surface area contributed by atoms with Gasteiger partial charge < -0.3 is 9.84 Å². The highest BCUT2D eigenvalue weighted by molar-refractivity contribution is 5.85. The summed E-state index contributed by atoms with van der Waals surface area (Å²) in [5.74, 6) is -0.702. The second kappa shape index (κ2) is 8.76. The molecule has 0 aliphatic carbocycles. The maximum absolute atomic E-state index is 13.1. The average molecular weight is 394 g/mol. The van der Waals surface area contributed by atoms with E-state index in [1.165, 1.54) is 0 Å². The first-order valence-electron chi connectivity index (χ1n) is 9.83. The number of benzene rings is 4. The van der Waals surface area contributed by atoms with E-state index in [1.54, 1.807) is 48.5 Å². The zero-order valence-electron chi connectivity index (χ0n) is 16.4. The molecule has 4 aromatic carbocycles. The van der Waals surface area contributed by atoms with E-state index < -0.39 is 11.6 Å². The molecule has 4 aromatic rings. The Bertz CT molecular complexity index is 1050. The van der Waals surface area contributed by atoms with Gasteiger partial charge in [0.05, 0.1) is 0 Å². The van der Waals surface area contributed by atoms with E-state index in [4.69, 9.17) is 4.74 Å². The quantitative estimate of drug-likeness (QED) is 0.450. The molecule has 0 saturated heterocycles. The van der Waals surface area contributed by atoms with Crippen LogP contribution in [-0.4, -0.2) is 11.1 Å². The summed E-state index contributed by atoms with van der Waals surface area (Å²) in [5.41, 5.74) is 2.15. The van der Waals surface area contributed by atoms with Crippen molar-refractivity contribution in [2.45, 2.75) is 12.2 Å². The summed E-state index contributed by atoms with van der Waals surface area (Å²) in [4.78, 5) is 13.1. The molecule has 0 saturated carbocycles. The van der Waals surface area contributed by atoms with Crippen molar-refractivity contribution in [2.24, 2.45) is 0 Å². The molecule has 0 bridgehead atoms. The fourth-order valence-corrected chi connectivity index (χ4v) is 3.44. The van der Waals surface area contributed by atoms with E-state index in [-0.39, 0.29) is 6.61 Å². The van der Waals surface area contributed by atoms with Gasteiger partial charge in [-0.25, -0.2) is 4.79 Å². The molecule has 0 fully saturated rings. The monoisotopic (exact) mass is 394 g/mol. The zero-order valence-corrected chi connectivity index (χ0v) is 16.4. The van der Waals surface area contributed by atoms with E-state index in [0.29, 0.717) is 11.1 Å². The van der Waals surface area contributed by atoms with Crippen LogP contribution in [0.1, 0.15) is 16.7 Å². The first kappa shape index (κ1) is 19.6. The molecule has 30 heavy (non-hydrogen) atoms. The highest BCUT2D eigenvalue weighted by Crippen LogP contribution is 2.31. The number of carbonyl (C=O) groups is 1. The molecule has 0 radical (unpaired) electrons. The predicted octanol–water partition coefficient (Wildman–Crippen LogP) is 5.33. The van der Waals surface area contributed by atoms with Crippen LogP contribution in [0.2, 0.25) is 0 Å². The van der Waals surface area contributed by atoms with E-state index >= 15 is 0 Å². The minimum atomic E-state index is -1.87. The molecule has 3 heteroatoms. The summed E-state index contributed by atoms with van der Waals surface area (Å²) in [7, 11) is 0. The first-order valence-corrected chi connectivity index (χ1v) is 9.83. The molecule has 0 unspecified atom stereocenters. The summed E-state index contributed by atoms with van der Waals surface area (Å²) in [6, 6.07) is 35.7. The molecule has 0 atom stereocenters.